The molecule has 1 saturated carbocycles. The number of rotatable bonds is 16. The van der Waals surface area contributed by atoms with Crippen LogP contribution < -0.4 is 5.32 Å². The Morgan fingerprint density at radius 3 is 2.30 bits per heavy atom. The standard InChI is InChI=1S/C32H46N4O7/c1-6-42-31(40)33-24(2)17-20-28(30(39)34(3)21-27(37)19-18-25-13-9-7-10-14-25)36(5)29(38)22-35(4)32(41)43-23-26-15-11-8-12-16-26/h6,8,11-12,15-16,25,28H,1-2,7,9-10,13-14,17-23H2,3-5H3,(H,33,40)/t28-/m0/s1. The zero-order valence-corrected chi connectivity index (χ0v) is 25.7. The number of alkyl carbamates (subject to hydrolysis) is 1. The molecule has 1 aromatic carbocycles. The summed E-state index contributed by atoms with van der Waals surface area (Å²) in [6.45, 7) is 6.77. The fourth-order valence-corrected chi connectivity index (χ4v) is 5.00. The van der Waals surface area contributed by atoms with Gasteiger partial charge in [-0.3, -0.25) is 19.7 Å². The molecule has 0 aromatic heterocycles. The van der Waals surface area contributed by atoms with Crippen LogP contribution >= 0.6 is 0 Å². The molecule has 1 N–H and O–H groups in total. The molecule has 1 aliphatic rings. The second-order valence-corrected chi connectivity index (χ2v) is 11.0. The highest BCUT2D eigenvalue weighted by atomic mass is 16.6. The predicted molar refractivity (Wildman–Crippen MR) is 162 cm³/mol. The van der Waals surface area contributed by atoms with Crippen molar-refractivity contribution in [3.63, 3.8) is 0 Å². The smallest absolute Gasteiger partial charge is 0.416 e. The molecule has 2 rings (SSSR count). The highest BCUT2D eigenvalue weighted by molar-refractivity contribution is 5.92. The molecule has 1 aromatic rings. The van der Waals surface area contributed by atoms with Gasteiger partial charge in [-0.05, 0) is 30.7 Å². The van der Waals surface area contributed by atoms with Gasteiger partial charge in [0.2, 0.25) is 11.8 Å². The third kappa shape index (κ3) is 12.7. The number of hydrogen-bond donors (Lipinski definition) is 1. The van der Waals surface area contributed by atoms with E-state index < -0.39 is 30.0 Å². The maximum absolute atomic E-state index is 13.6. The minimum Gasteiger partial charge on any atom is -0.445 e. The lowest BCUT2D eigenvalue weighted by molar-refractivity contribution is -0.145. The number of amides is 4. The van der Waals surface area contributed by atoms with Gasteiger partial charge in [-0.1, -0.05) is 75.6 Å². The Labute approximate surface area is 254 Å². The van der Waals surface area contributed by atoms with Crippen LogP contribution in [0.4, 0.5) is 9.59 Å². The van der Waals surface area contributed by atoms with Crippen molar-refractivity contribution in [1.29, 1.82) is 0 Å². The summed E-state index contributed by atoms with van der Waals surface area (Å²) in [5.41, 5.74) is 1.08. The quantitative estimate of drug-likeness (QED) is 0.275. The Hall–Kier alpha value is -4.15. The number of benzene rings is 1. The van der Waals surface area contributed by atoms with Crippen LogP contribution in [0.2, 0.25) is 0 Å². The van der Waals surface area contributed by atoms with Crippen LogP contribution in [0.5, 0.6) is 0 Å². The van der Waals surface area contributed by atoms with Crippen molar-refractivity contribution in [2.45, 2.75) is 70.4 Å². The first-order valence-corrected chi connectivity index (χ1v) is 14.7. The molecule has 11 nitrogen and oxygen atoms in total. The highest BCUT2D eigenvalue weighted by Gasteiger charge is 2.31. The van der Waals surface area contributed by atoms with Crippen molar-refractivity contribution in [2.24, 2.45) is 5.92 Å². The molecule has 1 atom stereocenters. The van der Waals surface area contributed by atoms with Gasteiger partial charge < -0.3 is 24.2 Å². The van der Waals surface area contributed by atoms with Crippen molar-refractivity contribution in [2.75, 3.05) is 34.2 Å². The highest BCUT2D eigenvalue weighted by Crippen LogP contribution is 2.27. The van der Waals surface area contributed by atoms with Gasteiger partial charge in [0, 0.05) is 33.3 Å². The summed E-state index contributed by atoms with van der Waals surface area (Å²) in [7, 11) is 4.44. The van der Waals surface area contributed by atoms with Crippen molar-refractivity contribution >= 4 is 29.8 Å². The Balaban J connectivity index is 2.01. The third-order valence-electron chi connectivity index (χ3n) is 7.57. The average Bonchev–Trinajstić information content (AvgIpc) is 2.99. The molecule has 236 valence electrons. The minimum absolute atomic E-state index is 0.0340. The lowest BCUT2D eigenvalue weighted by atomic mass is 9.85. The molecule has 0 aliphatic heterocycles. The van der Waals surface area contributed by atoms with E-state index in [0.29, 0.717) is 12.3 Å². The van der Waals surface area contributed by atoms with Crippen molar-refractivity contribution in [3.8, 4) is 0 Å². The number of nitrogens with zero attached hydrogens (tertiary/aromatic N) is 3. The van der Waals surface area contributed by atoms with E-state index in [4.69, 9.17) is 4.74 Å². The van der Waals surface area contributed by atoms with Gasteiger partial charge in [0.05, 0.1) is 12.8 Å². The van der Waals surface area contributed by atoms with Crippen LogP contribution in [0.25, 0.3) is 0 Å². The molecule has 4 amide bonds. The number of carbonyl (C=O) groups is 5. The van der Waals surface area contributed by atoms with E-state index in [-0.39, 0.29) is 44.0 Å². The van der Waals surface area contributed by atoms with Crippen molar-refractivity contribution < 1.29 is 33.4 Å². The van der Waals surface area contributed by atoms with E-state index in [0.717, 1.165) is 36.0 Å². The maximum atomic E-state index is 13.6. The van der Waals surface area contributed by atoms with Gasteiger partial charge in [-0.15, -0.1) is 0 Å². The van der Waals surface area contributed by atoms with Crippen LogP contribution in [0.3, 0.4) is 0 Å². The average molecular weight is 599 g/mol. The molecule has 0 unspecified atom stereocenters. The summed E-state index contributed by atoms with van der Waals surface area (Å²) in [6.07, 6.45) is 6.93. The van der Waals surface area contributed by atoms with E-state index in [1.807, 2.05) is 30.3 Å². The number of likely N-dealkylation sites (N-methyl/N-ethyl adjacent to an activating group) is 3. The number of allylic oxidation sites excluding steroid dienone is 1. The molecular formula is C32H46N4O7. The Kier molecular flexibility index (Phi) is 15.0. The normalized spacial score (nSPS) is 13.7. The Morgan fingerprint density at radius 2 is 1.65 bits per heavy atom. The summed E-state index contributed by atoms with van der Waals surface area (Å²) in [4.78, 5) is 67.5. The van der Waals surface area contributed by atoms with E-state index in [2.05, 4.69) is 23.2 Å². The molecule has 0 spiro atoms. The third-order valence-corrected chi connectivity index (χ3v) is 7.57. The van der Waals surface area contributed by atoms with E-state index in [1.54, 1.807) is 0 Å². The minimum atomic E-state index is -0.980. The van der Waals surface area contributed by atoms with E-state index in [9.17, 15) is 24.0 Å². The zero-order chi connectivity index (χ0) is 31.8. The van der Waals surface area contributed by atoms with Gasteiger partial charge in [0.1, 0.15) is 19.2 Å². The maximum Gasteiger partial charge on any atom is 0.416 e. The monoisotopic (exact) mass is 598 g/mol. The van der Waals surface area contributed by atoms with E-state index in [1.165, 1.54) is 50.2 Å². The van der Waals surface area contributed by atoms with Crippen LogP contribution in [0.1, 0.15) is 63.4 Å². The fourth-order valence-electron chi connectivity index (χ4n) is 5.00. The van der Waals surface area contributed by atoms with Gasteiger partial charge in [-0.25, -0.2) is 9.59 Å². The molecular weight excluding hydrogens is 552 g/mol. The van der Waals surface area contributed by atoms with Crippen LogP contribution in [-0.2, 0) is 30.5 Å². The lowest BCUT2D eigenvalue weighted by Crippen LogP contribution is -2.51. The fraction of sp³-hybridized carbons (Fsp3) is 0.531. The number of nitrogens with one attached hydrogen (secondary N) is 1. The predicted octanol–water partition coefficient (Wildman–Crippen LogP) is 4.63. The first kappa shape index (κ1) is 35.0. The molecule has 11 heteroatoms. The number of ether oxygens (including phenoxy) is 2. The Morgan fingerprint density at radius 1 is 0.977 bits per heavy atom. The van der Waals surface area contributed by atoms with E-state index >= 15 is 0 Å². The van der Waals surface area contributed by atoms with Crippen molar-refractivity contribution in [3.05, 3.63) is 61.0 Å². The molecule has 1 aliphatic carbocycles. The largest absolute Gasteiger partial charge is 0.445 e. The van der Waals surface area contributed by atoms with Crippen LogP contribution in [-0.4, -0.2) is 84.8 Å². The summed E-state index contributed by atoms with van der Waals surface area (Å²) >= 11 is 0. The van der Waals surface area contributed by atoms with Gasteiger partial charge in [0.25, 0.3) is 0 Å². The van der Waals surface area contributed by atoms with Crippen LogP contribution in [0.15, 0.2) is 55.4 Å². The topological polar surface area (TPSA) is 126 Å². The molecule has 0 heterocycles. The first-order valence-electron chi connectivity index (χ1n) is 14.7. The van der Waals surface area contributed by atoms with Crippen molar-refractivity contribution in [1.82, 2.24) is 20.0 Å². The molecule has 1 fully saturated rings. The molecule has 0 saturated heterocycles. The second kappa shape index (κ2) is 18.4. The second-order valence-electron chi connectivity index (χ2n) is 11.0. The summed E-state index contributed by atoms with van der Waals surface area (Å²) in [5, 5.41) is 2.45. The van der Waals surface area contributed by atoms with Gasteiger partial charge >= 0.3 is 12.2 Å². The number of hydrogen-bond acceptors (Lipinski definition) is 7. The zero-order valence-electron chi connectivity index (χ0n) is 25.7. The summed E-state index contributed by atoms with van der Waals surface area (Å²) < 4.78 is 9.94. The number of ketones is 1. The first-order chi connectivity index (χ1) is 20.5. The number of Topliss-reactive ketones (excluding diaryl/α,β-unsaturated/α-hetero) is 1. The molecule has 0 bridgehead atoms. The number of carbonyl (C=O) groups excluding carboxylic acids is 5. The molecule has 0 radical (unpaired) electrons. The van der Waals surface area contributed by atoms with Gasteiger partial charge in [0.15, 0.2) is 5.78 Å². The summed E-state index contributed by atoms with van der Waals surface area (Å²) in [5.74, 6) is -0.414. The SMILES string of the molecule is C=COC(=O)NC(=C)CC[C@@H](C(=O)N(C)CC(=O)CCC1CCCCC1)N(C)C(=O)CN(C)C(=O)OCc1ccccc1. The van der Waals surface area contributed by atoms with Crippen LogP contribution in [0, 0.1) is 5.92 Å². The molecule has 43 heavy (non-hydrogen) atoms. The summed E-state index contributed by atoms with van der Waals surface area (Å²) in [6, 6.07) is 8.17. The lowest BCUT2D eigenvalue weighted by Gasteiger charge is -2.32. The Bertz CT molecular complexity index is 1120. The van der Waals surface area contributed by atoms with Gasteiger partial charge in [-0.2, -0.15) is 0 Å².